The van der Waals surface area contributed by atoms with Crippen molar-refractivity contribution < 1.29 is 0 Å². The van der Waals surface area contributed by atoms with E-state index in [0.29, 0.717) is 0 Å². The maximum absolute atomic E-state index is 5.98. The molecule has 0 aliphatic heterocycles. The van der Waals surface area contributed by atoms with Crippen molar-refractivity contribution >= 4 is 22.5 Å². The molecular weight excluding hydrogens is 194 g/mol. The third-order valence-electron chi connectivity index (χ3n) is 2.38. The molecule has 2 rings (SSSR count). The highest BCUT2D eigenvalue weighted by molar-refractivity contribution is 6.31. The summed E-state index contributed by atoms with van der Waals surface area (Å²) in [5, 5.41) is 2.03. The Morgan fingerprint density at radius 3 is 2.50 bits per heavy atom. The second-order valence-electron chi connectivity index (χ2n) is 4.56. The van der Waals surface area contributed by atoms with E-state index in [2.05, 4.69) is 43.7 Å². The highest BCUT2D eigenvalue weighted by atomic mass is 35.5. The molecule has 0 saturated carbocycles. The van der Waals surface area contributed by atoms with E-state index in [4.69, 9.17) is 11.6 Å². The molecule has 0 amide bonds. The van der Waals surface area contributed by atoms with Crippen LogP contribution in [0.15, 0.2) is 30.5 Å². The van der Waals surface area contributed by atoms with Crippen LogP contribution in [0.5, 0.6) is 0 Å². The molecule has 2 aromatic rings. The highest BCUT2D eigenvalue weighted by Gasteiger charge is 2.14. The predicted octanol–water partition coefficient (Wildman–Crippen LogP) is 4.05. The van der Waals surface area contributed by atoms with Gasteiger partial charge in [-0.25, -0.2) is 0 Å². The largest absolute Gasteiger partial charge is 0.342 e. The molecular formula is C12H14ClN. The molecule has 0 spiro atoms. The first-order valence-corrected chi connectivity index (χ1v) is 5.13. The van der Waals surface area contributed by atoms with Gasteiger partial charge in [-0.15, -0.1) is 0 Å². The molecule has 74 valence electrons. The quantitative estimate of drug-likeness (QED) is 0.614. The van der Waals surface area contributed by atoms with Gasteiger partial charge >= 0.3 is 0 Å². The first kappa shape index (κ1) is 9.60. The number of halogens is 1. The first-order chi connectivity index (χ1) is 6.48. The van der Waals surface area contributed by atoms with E-state index in [1.807, 2.05) is 12.1 Å². The molecule has 1 aromatic carbocycles. The molecule has 1 heterocycles. The maximum atomic E-state index is 5.98. The van der Waals surface area contributed by atoms with E-state index in [1.165, 1.54) is 10.9 Å². The smallest absolute Gasteiger partial charge is 0.0500 e. The third kappa shape index (κ3) is 1.53. The van der Waals surface area contributed by atoms with Gasteiger partial charge in [0.25, 0.3) is 0 Å². The van der Waals surface area contributed by atoms with Crippen LogP contribution in [0.2, 0.25) is 5.02 Å². The van der Waals surface area contributed by atoms with Gasteiger partial charge in [-0.3, -0.25) is 0 Å². The van der Waals surface area contributed by atoms with Crippen LogP contribution in [0.25, 0.3) is 10.9 Å². The summed E-state index contributed by atoms with van der Waals surface area (Å²) in [6.07, 6.45) is 2.11. The molecule has 0 bridgehead atoms. The molecule has 0 unspecified atom stereocenters. The Balaban J connectivity index is 2.73. The summed E-state index contributed by atoms with van der Waals surface area (Å²) < 4.78 is 2.24. The molecule has 0 radical (unpaired) electrons. The summed E-state index contributed by atoms with van der Waals surface area (Å²) in [7, 11) is 0. The second-order valence-corrected chi connectivity index (χ2v) is 5.00. The van der Waals surface area contributed by atoms with Gasteiger partial charge in [0, 0.05) is 22.3 Å². The topological polar surface area (TPSA) is 4.93 Å². The average Bonchev–Trinajstić information content (AvgIpc) is 2.45. The Labute approximate surface area is 89.3 Å². The van der Waals surface area contributed by atoms with Crippen molar-refractivity contribution in [3.8, 4) is 0 Å². The predicted molar refractivity (Wildman–Crippen MR) is 61.9 cm³/mol. The summed E-state index contributed by atoms with van der Waals surface area (Å²) in [5.74, 6) is 0. The fraction of sp³-hybridized carbons (Fsp3) is 0.333. The zero-order chi connectivity index (χ0) is 10.3. The lowest BCUT2D eigenvalue weighted by Gasteiger charge is -2.22. The number of hydrogen-bond donors (Lipinski definition) is 0. The van der Waals surface area contributed by atoms with E-state index in [9.17, 15) is 0 Å². The second kappa shape index (κ2) is 3.03. The Kier molecular flexibility index (Phi) is 2.07. The molecule has 0 aliphatic rings. The summed E-state index contributed by atoms with van der Waals surface area (Å²) in [6, 6.07) is 8.12. The van der Waals surface area contributed by atoms with Crippen molar-refractivity contribution in [3.63, 3.8) is 0 Å². The van der Waals surface area contributed by atoms with Crippen molar-refractivity contribution in [2.45, 2.75) is 26.3 Å². The van der Waals surface area contributed by atoms with E-state index in [0.717, 1.165) is 5.02 Å². The standard InChI is InChI=1S/C12H14ClN/c1-12(2,3)14-7-6-9-4-5-10(13)8-11(9)14/h4-8H,1-3H3. The van der Waals surface area contributed by atoms with Gasteiger partial charge in [-0.05, 0) is 44.4 Å². The summed E-state index contributed by atoms with van der Waals surface area (Å²) >= 11 is 5.98. The van der Waals surface area contributed by atoms with Gasteiger partial charge in [-0.2, -0.15) is 0 Å². The summed E-state index contributed by atoms with van der Waals surface area (Å²) in [4.78, 5) is 0. The van der Waals surface area contributed by atoms with Crippen LogP contribution in [0, 0.1) is 0 Å². The fourth-order valence-corrected chi connectivity index (χ4v) is 1.85. The number of nitrogens with zero attached hydrogens (tertiary/aromatic N) is 1. The minimum Gasteiger partial charge on any atom is -0.342 e. The highest BCUT2D eigenvalue weighted by Crippen LogP contribution is 2.25. The first-order valence-electron chi connectivity index (χ1n) is 4.75. The van der Waals surface area contributed by atoms with Crippen molar-refractivity contribution in [1.82, 2.24) is 4.57 Å². The SMILES string of the molecule is CC(C)(C)n1ccc2ccc(Cl)cc21. The van der Waals surface area contributed by atoms with Gasteiger partial charge in [0.1, 0.15) is 0 Å². The number of fused-ring (bicyclic) bond motifs is 1. The van der Waals surface area contributed by atoms with E-state index < -0.39 is 0 Å². The Morgan fingerprint density at radius 1 is 1.14 bits per heavy atom. The van der Waals surface area contributed by atoms with Gasteiger partial charge in [0.15, 0.2) is 0 Å². The van der Waals surface area contributed by atoms with Crippen LogP contribution in [0.1, 0.15) is 20.8 Å². The Bertz CT molecular complexity index is 463. The van der Waals surface area contributed by atoms with Crippen LogP contribution < -0.4 is 0 Å². The van der Waals surface area contributed by atoms with Crippen LogP contribution in [-0.2, 0) is 5.54 Å². The van der Waals surface area contributed by atoms with Crippen LogP contribution in [0.4, 0.5) is 0 Å². The van der Waals surface area contributed by atoms with E-state index in [-0.39, 0.29) is 5.54 Å². The van der Waals surface area contributed by atoms with Crippen molar-refractivity contribution in [2.75, 3.05) is 0 Å². The molecule has 0 atom stereocenters. The zero-order valence-corrected chi connectivity index (χ0v) is 9.47. The van der Waals surface area contributed by atoms with Crippen molar-refractivity contribution in [3.05, 3.63) is 35.5 Å². The zero-order valence-electron chi connectivity index (χ0n) is 8.71. The van der Waals surface area contributed by atoms with E-state index >= 15 is 0 Å². The number of aromatic nitrogens is 1. The van der Waals surface area contributed by atoms with Gasteiger partial charge in [0.05, 0.1) is 0 Å². The molecule has 1 nitrogen and oxygen atoms in total. The Morgan fingerprint density at radius 2 is 1.86 bits per heavy atom. The lowest BCUT2D eigenvalue weighted by atomic mass is 10.1. The van der Waals surface area contributed by atoms with Crippen molar-refractivity contribution in [1.29, 1.82) is 0 Å². The third-order valence-corrected chi connectivity index (χ3v) is 2.61. The molecule has 14 heavy (non-hydrogen) atoms. The van der Waals surface area contributed by atoms with Gasteiger partial charge in [-0.1, -0.05) is 17.7 Å². The maximum Gasteiger partial charge on any atom is 0.0500 e. The minimum absolute atomic E-state index is 0.104. The molecule has 0 N–H and O–H groups in total. The number of hydrogen-bond acceptors (Lipinski definition) is 0. The lowest BCUT2D eigenvalue weighted by Crippen LogP contribution is -2.20. The summed E-state index contributed by atoms with van der Waals surface area (Å²) in [5.41, 5.74) is 1.30. The normalized spacial score (nSPS) is 12.3. The van der Waals surface area contributed by atoms with Gasteiger partial charge < -0.3 is 4.57 Å². The van der Waals surface area contributed by atoms with Crippen LogP contribution in [0.3, 0.4) is 0 Å². The molecule has 0 aliphatic carbocycles. The molecule has 0 fully saturated rings. The van der Waals surface area contributed by atoms with Crippen molar-refractivity contribution in [2.24, 2.45) is 0 Å². The Hall–Kier alpha value is -0.950. The fourth-order valence-electron chi connectivity index (χ4n) is 1.69. The molecule has 0 saturated heterocycles. The minimum atomic E-state index is 0.104. The summed E-state index contributed by atoms with van der Waals surface area (Å²) in [6.45, 7) is 6.56. The average molecular weight is 208 g/mol. The monoisotopic (exact) mass is 207 g/mol. The van der Waals surface area contributed by atoms with E-state index in [1.54, 1.807) is 0 Å². The number of rotatable bonds is 0. The lowest BCUT2D eigenvalue weighted by molar-refractivity contribution is 0.411. The molecule has 1 aromatic heterocycles. The van der Waals surface area contributed by atoms with Crippen LogP contribution in [-0.4, -0.2) is 4.57 Å². The van der Waals surface area contributed by atoms with Crippen LogP contribution >= 0.6 is 11.6 Å². The van der Waals surface area contributed by atoms with Gasteiger partial charge in [0.2, 0.25) is 0 Å². The number of benzene rings is 1. The molecule has 2 heteroatoms.